The fraction of sp³-hybridized carbons (Fsp3) is 0.444. The lowest BCUT2D eigenvalue weighted by atomic mass is 10.1. The van der Waals surface area contributed by atoms with Crippen molar-refractivity contribution in [1.82, 2.24) is 4.98 Å². The minimum absolute atomic E-state index is 0.0723. The van der Waals surface area contributed by atoms with Gasteiger partial charge in [-0.25, -0.2) is 8.78 Å². The Labute approximate surface area is 85.5 Å². The molecule has 78 valence electrons. The third-order valence-corrected chi connectivity index (χ3v) is 2.24. The summed E-state index contributed by atoms with van der Waals surface area (Å²) in [5.74, 6) is 0.0723. The second kappa shape index (κ2) is 4.66. The number of aromatic nitrogens is 1. The first-order chi connectivity index (χ1) is 6.60. The summed E-state index contributed by atoms with van der Waals surface area (Å²) in [6.45, 7) is 1.20. The molecule has 0 fully saturated rings. The largest absolute Gasteiger partial charge is 0.390 e. The van der Waals surface area contributed by atoms with Crippen LogP contribution in [0.2, 0.25) is 0 Å². The van der Waals surface area contributed by atoms with Crippen LogP contribution in [0.25, 0.3) is 0 Å². The van der Waals surface area contributed by atoms with E-state index in [2.05, 4.69) is 4.98 Å². The Morgan fingerprint density at radius 1 is 1.57 bits per heavy atom. The molecule has 0 aromatic carbocycles. The van der Waals surface area contributed by atoms with Gasteiger partial charge < -0.3 is 5.11 Å². The second-order valence-corrected chi connectivity index (χ2v) is 3.13. The molecule has 1 aromatic heterocycles. The molecular formula is C9H10ClF2NO. The Kier molecular flexibility index (Phi) is 3.77. The lowest BCUT2D eigenvalue weighted by Crippen LogP contribution is -2.02. The van der Waals surface area contributed by atoms with Crippen molar-refractivity contribution in [2.75, 3.05) is 0 Å². The maximum absolute atomic E-state index is 12.4. The predicted molar refractivity (Wildman–Crippen MR) is 49.4 cm³/mol. The van der Waals surface area contributed by atoms with Crippen LogP contribution in [0.5, 0.6) is 0 Å². The summed E-state index contributed by atoms with van der Waals surface area (Å²) < 4.78 is 24.9. The molecule has 2 nitrogen and oxygen atoms in total. The van der Waals surface area contributed by atoms with Crippen molar-refractivity contribution in [2.24, 2.45) is 0 Å². The summed E-state index contributed by atoms with van der Waals surface area (Å²) in [5.41, 5.74) is 0.924. The Bertz CT molecular complexity index is 331. The van der Waals surface area contributed by atoms with Gasteiger partial charge in [0, 0.05) is 17.1 Å². The number of aryl methyl sites for hydroxylation is 1. The van der Waals surface area contributed by atoms with Crippen molar-refractivity contribution >= 4 is 11.6 Å². The Morgan fingerprint density at radius 2 is 2.21 bits per heavy atom. The molecule has 0 saturated heterocycles. The molecule has 0 saturated carbocycles. The van der Waals surface area contributed by atoms with Gasteiger partial charge in [0.2, 0.25) is 0 Å². The lowest BCUT2D eigenvalue weighted by molar-refractivity contribution is 0.149. The molecule has 0 aliphatic heterocycles. The maximum atomic E-state index is 12.4. The number of rotatable bonds is 3. The van der Waals surface area contributed by atoms with Crippen molar-refractivity contribution < 1.29 is 13.9 Å². The van der Waals surface area contributed by atoms with E-state index >= 15 is 0 Å². The number of hydrogen-bond acceptors (Lipinski definition) is 2. The van der Waals surface area contributed by atoms with Crippen LogP contribution in [0.1, 0.15) is 28.9 Å². The van der Waals surface area contributed by atoms with E-state index in [-0.39, 0.29) is 23.7 Å². The molecule has 14 heavy (non-hydrogen) atoms. The van der Waals surface area contributed by atoms with E-state index in [0.29, 0.717) is 11.3 Å². The minimum atomic E-state index is -2.56. The van der Waals surface area contributed by atoms with Gasteiger partial charge in [0.05, 0.1) is 12.3 Å². The van der Waals surface area contributed by atoms with E-state index in [1.54, 1.807) is 0 Å². The van der Waals surface area contributed by atoms with E-state index in [4.69, 9.17) is 16.7 Å². The minimum Gasteiger partial charge on any atom is -0.390 e. The number of aliphatic hydroxyl groups is 1. The SMILES string of the molecule is Cc1nc(CO)c(CCl)cc1C(F)F. The third-order valence-electron chi connectivity index (χ3n) is 1.95. The number of hydrogen-bond donors (Lipinski definition) is 1. The topological polar surface area (TPSA) is 33.1 Å². The smallest absolute Gasteiger partial charge is 0.265 e. The molecular weight excluding hydrogens is 212 g/mol. The first-order valence-electron chi connectivity index (χ1n) is 4.04. The molecule has 0 bridgehead atoms. The lowest BCUT2D eigenvalue weighted by Gasteiger charge is -2.09. The van der Waals surface area contributed by atoms with Crippen LogP contribution >= 0.6 is 11.6 Å². The average Bonchev–Trinajstić information content (AvgIpc) is 2.16. The van der Waals surface area contributed by atoms with Gasteiger partial charge >= 0.3 is 0 Å². The molecule has 0 atom stereocenters. The first kappa shape index (κ1) is 11.3. The Hall–Kier alpha value is -0.740. The third kappa shape index (κ3) is 2.19. The van der Waals surface area contributed by atoms with Gasteiger partial charge in [0.25, 0.3) is 6.43 Å². The van der Waals surface area contributed by atoms with E-state index in [1.165, 1.54) is 13.0 Å². The highest BCUT2D eigenvalue weighted by atomic mass is 35.5. The van der Waals surface area contributed by atoms with Gasteiger partial charge in [-0.05, 0) is 18.6 Å². The van der Waals surface area contributed by atoms with Crippen LogP contribution < -0.4 is 0 Å². The Morgan fingerprint density at radius 3 is 2.64 bits per heavy atom. The van der Waals surface area contributed by atoms with Gasteiger partial charge in [0.1, 0.15) is 0 Å². The van der Waals surface area contributed by atoms with Crippen molar-refractivity contribution in [3.63, 3.8) is 0 Å². The fourth-order valence-electron chi connectivity index (χ4n) is 1.19. The second-order valence-electron chi connectivity index (χ2n) is 2.86. The molecule has 0 unspecified atom stereocenters. The summed E-state index contributed by atoms with van der Waals surface area (Å²) in [7, 11) is 0. The van der Waals surface area contributed by atoms with Gasteiger partial charge in [0.15, 0.2) is 0 Å². The predicted octanol–water partition coefficient (Wildman–Crippen LogP) is 2.56. The number of nitrogens with zero attached hydrogens (tertiary/aromatic N) is 1. The van der Waals surface area contributed by atoms with Crippen molar-refractivity contribution in [1.29, 1.82) is 0 Å². The molecule has 1 N–H and O–H groups in total. The molecule has 1 heterocycles. The standard InChI is InChI=1S/C9H10ClF2NO/c1-5-7(9(11)12)2-6(3-10)8(4-14)13-5/h2,9,14H,3-4H2,1H3. The highest BCUT2D eigenvalue weighted by Crippen LogP contribution is 2.24. The van der Waals surface area contributed by atoms with Crippen molar-refractivity contribution in [3.8, 4) is 0 Å². The molecule has 0 amide bonds. The summed E-state index contributed by atoms with van der Waals surface area (Å²) >= 11 is 5.54. The van der Waals surface area contributed by atoms with Gasteiger partial charge in [-0.1, -0.05) is 0 Å². The highest BCUT2D eigenvalue weighted by Gasteiger charge is 2.14. The quantitative estimate of drug-likeness (QED) is 0.796. The molecule has 0 spiro atoms. The maximum Gasteiger partial charge on any atom is 0.265 e. The van der Waals surface area contributed by atoms with Crippen LogP contribution in [0.15, 0.2) is 6.07 Å². The number of pyridine rings is 1. The van der Waals surface area contributed by atoms with Crippen LogP contribution in [-0.4, -0.2) is 10.1 Å². The van der Waals surface area contributed by atoms with Crippen molar-refractivity contribution in [2.45, 2.75) is 25.8 Å². The first-order valence-corrected chi connectivity index (χ1v) is 4.57. The number of alkyl halides is 3. The van der Waals surface area contributed by atoms with Crippen LogP contribution in [0.4, 0.5) is 8.78 Å². The monoisotopic (exact) mass is 221 g/mol. The normalized spacial score (nSPS) is 11.0. The average molecular weight is 222 g/mol. The molecule has 1 rings (SSSR count). The Balaban J connectivity index is 3.23. The number of aliphatic hydroxyl groups excluding tert-OH is 1. The zero-order chi connectivity index (χ0) is 10.7. The fourth-order valence-corrected chi connectivity index (χ4v) is 1.42. The van der Waals surface area contributed by atoms with Gasteiger partial charge in [-0.15, -0.1) is 11.6 Å². The summed E-state index contributed by atoms with van der Waals surface area (Å²) in [5, 5.41) is 8.89. The molecule has 1 aromatic rings. The summed E-state index contributed by atoms with van der Waals surface area (Å²) in [6, 6.07) is 1.30. The van der Waals surface area contributed by atoms with E-state index < -0.39 is 6.43 Å². The van der Waals surface area contributed by atoms with E-state index in [9.17, 15) is 8.78 Å². The van der Waals surface area contributed by atoms with Gasteiger partial charge in [-0.3, -0.25) is 4.98 Å². The van der Waals surface area contributed by atoms with Gasteiger partial charge in [-0.2, -0.15) is 0 Å². The van der Waals surface area contributed by atoms with Crippen LogP contribution in [-0.2, 0) is 12.5 Å². The summed E-state index contributed by atoms with van der Waals surface area (Å²) in [4.78, 5) is 3.87. The van der Waals surface area contributed by atoms with E-state index in [1.807, 2.05) is 0 Å². The zero-order valence-electron chi connectivity index (χ0n) is 7.60. The molecule has 0 aliphatic rings. The molecule has 0 radical (unpaired) electrons. The van der Waals surface area contributed by atoms with Crippen molar-refractivity contribution in [3.05, 3.63) is 28.6 Å². The van der Waals surface area contributed by atoms with Crippen LogP contribution in [0.3, 0.4) is 0 Å². The summed E-state index contributed by atoms with van der Waals surface area (Å²) in [6.07, 6.45) is -2.56. The highest BCUT2D eigenvalue weighted by molar-refractivity contribution is 6.17. The molecule has 0 aliphatic carbocycles. The zero-order valence-corrected chi connectivity index (χ0v) is 8.35. The van der Waals surface area contributed by atoms with Crippen LogP contribution in [0, 0.1) is 6.92 Å². The number of halogens is 3. The molecule has 5 heteroatoms. The van der Waals surface area contributed by atoms with E-state index in [0.717, 1.165) is 0 Å².